The molecule has 2 N–H and O–H groups in total. The van der Waals surface area contributed by atoms with Crippen LogP contribution >= 0.6 is 35.3 Å². The molecule has 0 aliphatic rings. The summed E-state index contributed by atoms with van der Waals surface area (Å²) in [5.41, 5.74) is 2.22. The Morgan fingerprint density at radius 1 is 1.25 bits per heavy atom. The topological polar surface area (TPSA) is 49.3 Å². The average molecular weight is 462 g/mol. The molecule has 2 rings (SSSR count). The van der Waals surface area contributed by atoms with E-state index in [1.165, 1.54) is 12.1 Å². The number of hydrogen-bond acceptors (Lipinski definition) is 3. The summed E-state index contributed by atoms with van der Waals surface area (Å²) in [4.78, 5) is 8.79. The highest BCUT2D eigenvalue weighted by molar-refractivity contribution is 14.0. The maximum absolute atomic E-state index is 12.9. The number of nitrogens with one attached hydrogen (secondary N) is 2. The fraction of sp³-hybridized carbons (Fsp3) is 0.412. The van der Waals surface area contributed by atoms with Crippen molar-refractivity contribution in [2.75, 3.05) is 13.6 Å². The first kappa shape index (κ1) is 20.8. The smallest absolute Gasteiger partial charge is 0.191 e. The molecule has 1 aromatic heterocycles. The minimum absolute atomic E-state index is 0. The Balaban J connectivity index is 0.00000288. The van der Waals surface area contributed by atoms with E-state index >= 15 is 0 Å². The molecule has 0 atom stereocenters. The van der Waals surface area contributed by atoms with E-state index in [1.54, 1.807) is 30.5 Å². The molecule has 0 radical (unpaired) electrons. The fourth-order valence-electron chi connectivity index (χ4n) is 2.03. The summed E-state index contributed by atoms with van der Waals surface area (Å²) in [5.74, 6) is 0.991. The molecule has 0 spiro atoms. The summed E-state index contributed by atoms with van der Waals surface area (Å²) in [5, 5.41) is 9.67. The highest BCUT2D eigenvalue weighted by Gasteiger charge is 2.06. The highest BCUT2D eigenvalue weighted by atomic mass is 127. The lowest BCUT2D eigenvalue weighted by Crippen LogP contribution is -2.37. The van der Waals surface area contributed by atoms with Crippen LogP contribution in [0.2, 0.25) is 0 Å². The summed E-state index contributed by atoms with van der Waals surface area (Å²) in [6.45, 7) is 5.68. The first-order valence-electron chi connectivity index (χ1n) is 7.71. The molecule has 7 heteroatoms. The summed E-state index contributed by atoms with van der Waals surface area (Å²) >= 11 is 1.66. The normalized spacial score (nSPS) is 11.3. The van der Waals surface area contributed by atoms with Gasteiger partial charge in [0, 0.05) is 19.0 Å². The van der Waals surface area contributed by atoms with Crippen molar-refractivity contribution in [2.24, 2.45) is 4.99 Å². The van der Waals surface area contributed by atoms with Crippen LogP contribution in [0.1, 0.15) is 36.0 Å². The molecule has 2 aromatic rings. The van der Waals surface area contributed by atoms with E-state index < -0.39 is 0 Å². The van der Waals surface area contributed by atoms with Crippen LogP contribution in [0.25, 0.3) is 0 Å². The van der Waals surface area contributed by atoms with E-state index in [4.69, 9.17) is 0 Å². The van der Waals surface area contributed by atoms with Crippen LogP contribution in [-0.2, 0) is 13.0 Å². The molecule has 4 nitrogen and oxygen atoms in total. The Labute approximate surface area is 164 Å². The number of hydrogen-bond donors (Lipinski definition) is 2. The van der Waals surface area contributed by atoms with E-state index in [9.17, 15) is 4.39 Å². The molecule has 0 aliphatic heterocycles. The van der Waals surface area contributed by atoms with Crippen LogP contribution in [0.3, 0.4) is 0 Å². The van der Waals surface area contributed by atoms with E-state index in [2.05, 4.69) is 39.8 Å². The molecule has 0 saturated carbocycles. The number of aliphatic imine (C=N–C) groups is 1. The van der Waals surface area contributed by atoms with Crippen molar-refractivity contribution >= 4 is 41.3 Å². The lowest BCUT2D eigenvalue weighted by molar-refractivity contribution is 0.626. The minimum atomic E-state index is -0.205. The van der Waals surface area contributed by atoms with Crippen molar-refractivity contribution in [1.82, 2.24) is 15.6 Å². The molecular weight excluding hydrogens is 438 g/mol. The molecule has 0 unspecified atom stereocenters. The Hall–Kier alpha value is -1.22. The van der Waals surface area contributed by atoms with Crippen LogP contribution in [-0.4, -0.2) is 24.5 Å². The van der Waals surface area contributed by atoms with Gasteiger partial charge in [0.05, 0.1) is 12.2 Å². The number of guanidine groups is 1. The van der Waals surface area contributed by atoms with Gasteiger partial charge in [0.15, 0.2) is 5.96 Å². The van der Waals surface area contributed by atoms with Crippen LogP contribution in [0.15, 0.2) is 34.6 Å². The van der Waals surface area contributed by atoms with Crippen molar-refractivity contribution in [2.45, 2.75) is 32.7 Å². The van der Waals surface area contributed by atoms with Gasteiger partial charge < -0.3 is 10.6 Å². The Morgan fingerprint density at radius 3 is 2.54 bits per heavy atom. The monoisotopic (exact) mass is 462 g/mol. The highest BCUT2D eigenvalue weighted by Crippen LogP contribution is 2.17. The van der Waals surface area contributed by atoms with Gasteiger partial charge in [-0.15, -0.1) is 35.3 Å². The van der Waals surface area contributed by atoms with E-state index in [1.807, 2.05) is 0 Å². The van der Waals surface area contributed by atoms with Crippen LogP contribution in [0, 0.1) is 5.82 Å². The fourth-order valence-corrected chi connectivity index (χ4v) is 2.92. The SMILES string of the molecule is CN=C(NCCc1ccc(F)cc1)NCc1nc(C(C)C)cs1.I. The van der Waals surface area contributed by atoms with E-state index in [0.717, 1.165) is 35.2 Å². The van der Waals surface area contributed by atoms with E-state index in [0.29, 0.717) is 12.5 Å². The van der Waals surface area contributed by atoms with E-state index in [-0.39, 0.29) is 29.8 Å². The lowest BCUT2D eigenvalue weighted by Gasteiger charge is -2.11. The third-order valence-electron chi connectivity index (χ3n) is 3.41. The zero-order chi connectivity index (χ0) is 16.7. The van der Waals surface area contributed by atoms with Gasteiger partial charge in [-0.25, -0.2) is 9.37 Å². The second kappa shape index (κ2) is 10.6. The number of thiazole rings is 1. The van der Waals surface area contributed by atoms with Crippen molar-refractivity contribution in [3.05, 3.63) is 51.7 Å². The van der Waals surface area contributed by atoms with Gasteiger partial charge in [-0.3, -0.25) is 4.99 Å². The molecule has 0 aliphatic carbocycles. The Bertz CT molecular complexity index is 640. The minimum Gasteiger partial charge on any atom is -0.356 e. The summed E-state index contributed by atoms with van der Waals surface area (Å²) < 4.78 is 12.9. The third-order valence-corrected chi connectivity index (χ3v) is 4.28. The first-order chi connectivity index (χ1) is 11.1. The second-order valence-corrected chi connectivity index (χ2v) is 6.49. The Kier molecular flexibility index (Phi) is 9.20. The summed E-state index contributed by atoms with van der Waals surface area (Å²) in [6, 6.07) is 6.57. The van der Waals surface area contributed by atoms with Gasteiger partial charge in [0.1, 0.15) is 10.8 Å². The molecule has 0 saturated heterocycles. The molecule has 0 amide bonds. The van der Waals surface area contributed by atoms with Gasteiger partial charge >= 0.3 is 0 Å². The van der Waals surface area contributed by atoms with Crippen LogP contribution < -0.4 is 10.6 Å². The summed E-state index contributed by atoms with van der Waals surface area (Å²) in [6.07, 6.45) is 0.815. The molecule has 24 heavy (non-hydrogen) atoms. The number of rotatable bonds is 6. The van der Waals surface area contributed by atoms with Crippen LogP contribution in [0.5, 0.6) is 0 Å². The predicted octanol–water partition coefficient (Wildman–Crippen LogP) is 3.93. The predicted molar refractivity (Wildman–Crippen MR) is 110 cm³/mol. The molecule has 1 heterocycles. The Morgan fingerprint density at radius 2 is 1.96 bits per heavy atom. The van der Waals surface area contributed by atoms with Crippen molar-refractivity contribution in [1.29, 1.82) is 0 Å². The zero-order valence-corrected chi connectivity index (χ0v) is 17.3. The lowest BCUT2D eigenvalue weighted by atomic mass is 10.1. The van der Waals surface area contributed by atoms with Crippen LogP contribution in [0.4, 0.5) is 4.39 Å². The van der Waals surface area contributed by atoms with Gasteiger partial charge in [-0.2, -0.15) is 0 Å². The zero-order valence-electron chi connectivity index (χ0n) is 14.2. The molecular formula is C17H24FIN4S. The van der Waals surface area contributed by atoms with Crippen molar-refractivity contribution in [3.8, 4) is 0 Å². The largest absolute Gasteiger partial charge is 0.356 e. The van der Waals surface area contributed by atoms with Gasteiger partial charge in [-0.05, 0) is 30.0 Å². The van der Waals surface area contributed by atoms with Crippen molar-refractivity contribution < 1.29 is 4.39 Å². The summed E-state index contributed by atoms with van der Waals surface area (Å²) in [7, 11) is 1.74. The van der Waals surface area contributed by atoms with Gasteiger partial charge in [0.25, 0.3) is 0 Å². The molecule has 0 bridgehead atoms. The maximum Gasteiger partial charge on any atom is 0.191 e. The van der Waals surface area contributed by atoms with Gasteiger partial charge in [-0.1, -0.05) is 26.0 Å². The molecule has 1 aromatic carbocycles. The number of aromatic nitrogens is 1. The average Bonchev–Trinajstić information content (AvgIpc) is 3.01. The maximum atomic E-state index is 12.9. The number of benzene rings is 1. The third kappa shape index (κ3) is 6.72. The van der Waals surface area contributed by atoms with Gasteiger partial charge in [0.2, 0.25) is 0 Å². The molecule has 0 fully saturated rings. The first-order valence-corrected chi connectivity index (χ1v) is 8.59. The molecule has 132 valence electrons. The standard InChI is InChI=1S/C17H23FN4S.HI/c1-12(2)15-11-23-16(22-15)10-21-17(19-3)20-9-8-13-4-6-14(18)7-5-13;/h4-7,11-12H,8-10H2,1-3H3,(H2,19,20,21);1H. The number of halogens is 2. The van der Waals surface area contributed by atoms with Crippen molar-refractivity contribution in [3.63, 3.8) is 0 Å². The number of nitrogens with zero attached hydrogens (tertiary/aromatic N) is 2. The quantitative estimate of drug-likeness (QED) is 0.389. The second-order valence-electron chi connectivity index (χ2n) is 5.55.